The third-order valence-electron chi connectivity index (χ3n) is 10.7. The van der Waals surface area contributed by atoms with Gasteiger partial charge < -0.3 is 0 Å². The number of rotatable bonds is 8. The number of benzene rings is 7. The molecular formula is C51H45N3. The molecule has 8 aromatic rings. The molecule has 0 radical (unpaired) electrons. The van der Waals surface area contributed by atoms with Crippen molar-refractivity contribution in [1.29, 1.82) is 0 Å². The molecule has 3 heteroatoms. The van der Waals surface area contributed by atoms with E-state index in [-0.39, 0.29) is 5.92 Å². The molecule has 0 aliphatic rings. The molecule has 0 amide bonds. The van der Waals surface area contributed by atoms with Crippen LogP contribution in [0.15, 0.2) is 158 Å². The minimum absolute atomic E-state index is 0.0451. The molecule has 3 nitrogen and oxygen atoms in total. The quantitative estimate of drug-likeness (QED) is 0.148. The molecule has 7 aromatic carbocycles. The molecular weight excluding hydrogens is 655 g/mol. The molecule has 0 bridgehead atoms. The Kier molecular flexibility index (Phi) is 9.40. The van der Waals surface area contributed by atoms with Gasteiger partial charge in [0.25, 0.3) is 0 Å². The lowest BCUT2D eigenvalue weighted by Crippen LogP contribution is -2.15. The van der Waals surface area contributed by atoms with Crippen LogP contribution in [0.3, 0.4) is 0 Å². The van der Waals surface area contributed by atoms with Gasteiger partial charge in [0.15, 0.2) is 0 Å². The lowest BCUT2D eigenvalue weighted by Gasteiger charge is -2.30. The topological polar surface area (TPSA) is 29.0 Å². The zero-order valence-electron chi connectivity index (χ0n) is 31.9. The van der Waals surface area contributed by atoms with Gasteiger partial charge in [-0.05, 0) is 138 Å². The van der Waals surface area contributed by atoms with Crippen LogP contribution in [0.2, 0.25) is 0 Å². The van der Waals surface area contributed by atoms with Gasteiger partial charge in [0, 0.05) is 23.2 Å². The number of aryl methyl sites for hydroxylation is 6. The number of nitrogens with zero attached hydrogens (tertiary/aromatic N) is 3. The summed E-state index contributed by atoms with van der Waals surface area (Å²) in [6.07, 6.45) is 3.47. The zero-order chi connectivity index (χ0) is 37.3. The van der Waals surface area contributed by atoms with Crippen molar-refractivity contribution in [3.05, 3.63) is 208 Å². The third kappa shape index (κ3) is 6.58. The molecule has 54 heavy (non-hydrogen) atoms. The Morgan fingerprint density at radius 3 is 1.46 bits per heavy atom. The van der Waals surface area contributed by atoms with Crippen molar-refractivity contribution in [2.45, 2.75) is 47.5 Å². The highest BCUT2D eigenvalue weighted by molar-refractivity contribution is 6.01. The summed E-state index contributed by atoms with van der Waals surface area (Å²) in [6.45, 7) is 13.5. The lowest BCUT2D eigenvalue weighted by atomic mass is 9.75. The summed E-state index contributed by atoms with van der Waals surface area (Å²) in [4.78, 5) is 11.5. The maximum atomic E-state index is 4.87. The van der Waals surface area contributed by atoms with E-state index in [1.165, 1.54) is 55.5 Å². The van der Waals surface area contributed by atoms with Crippen LogP contribution in [0.25, 0.3) is 33.0 Å². The Labute approximate surface area is 319 Å². The van der Waals surface area contributed by atoms with E-state index in [1.807, 2.05) is 12.3 Å². The second-order valence-electron chi connectivity index (χ2n) is 14.7. The van der Waals surface area contributed by atoms with Gasteiger partial charge in [0.05, 0.1) is 5.69 Å². The Balaban J connectivity index is 1.41. The van der Waals surface area contributed by atoms with E-state index >= 15 is 0 Å². The molecule has 264 valence electrons. The van der Waals surface area contributed by atoms with Gasteiger partial charge in [0.1, 0.15) is 12.1 Å². The van der Waals surface area contributed by atoms with Crippen LogP contribution in [-0.4, -0.2) is 9.97 Å². The van der Waals surface area contributed by atoms with Crippen LogP contribution in [0.5, 0.6) is 0 Å². The van der Waals surface area contributed by atoms with E-state index in [4.69, 9.17) is 4.98 Å². The van der Waals surface area contributed by atoms with Crippen LogP contribution in [-0.2, 0) is 0 Å². The molecule has 8 rings (SSSR count). The van der Waals surface area contributed by atoms with Gasteiger partial charge in [0.2, 0.25) is 0 Å². The first-order chi connectivity index (χ1) is 26.3. The number of aromatic nitrogens is 2. The van der Waals surface area contributed by atoms with Crippen molar-refractivity contribution in [2.24, 2.45) is 0 Å². The Morgan fingerprint density at radius 2 is 0.963 bits per heavy atom. The molecule has 0 spiro atoms. The average molecular weight is 700 g/mol. The highest BCUT2D eigenvalue weighted by Gasteiger charge is 2.28. The fourth-order valence-corrected chi connectivity index (χ4v) is 8.65. The summed E-state index contributed by atoms with van der Waals surface area (Å²) < 4.78 is 0. The fraction of sp³-hybridized carbons (Fsp3) is 0.137. The Morgan fingerprint density at radius 1 is 0.463 bits per heavy atom. The maximum Gasteiger partial charge on any atom is 0.140 e. The predicted molar refractivity (Wildman–Crippen MR) is 227 cm³/mol. The average Bonchev–Trinajstić information content (AvgIpc) is 3.18. The van der Waals surface area contributed by atoms with Crippen LogP contribution < -0.4 is 4.90 Å². The molecule has 0 saturated heterocycles. The first-order valence-electron chi connectivity index (χ1n) is 18.8. The van der Waals surface area contributed by atoms with Crippen molar-refractivity contribution in [3.63, 3.8) is 0 Å². The normalized spacial score (nSPS) is 11.3. The van der Waals surface area contributed by atoms with Gasteiger partial charge in [-0.3, -0.25) is 4.90 Å². The first kappa shape index (κ1) is 34.7. The van der Waals surface area contributed by atoms with Gasteiger partial charge >= 0.3 is 0 Å². The first-order valence-corrected chi connectivity index (χ1v) is 18.8. The molecule has 0 saturated carbocycles. The van der Waals surface area contributed by atoms with Crippen molar-refractivity contribution in [2.75, 3.05) is 4.90 Å². The zero-order valence-corrected chi connectivity index (χ0v) is 31.9. The van der Waals surface area contributed by atoms with Crippen molar-refractivity contribution in [3.8, 4) is 22.3 Å². The molecule has 0 aliphatic carbocycles. The van der Waals surface area contributed by atoms with Gasteiger partial charge in [-0.15, -0.1) is 0 Å². The molecule has 0 unspecified atom stereocenters. The Bertz CT molecular complexity index is 2450. The summed E-state index contributed by atoms with van der Waals surface area (Å²) in [5.41, 5.74) is 18.6. The highest BCUT2D eigenvalue weighted by Crippen LogP contribution is 2.47. The molecule has 0 N–H and O–H groups in total. The van der Waals surface area contributed by atoms with Crippen LogP contribution >= 0.6 is 0 Å². The lowest BCUT2D eigenvalue weighted by molar-refractivity contribution is 0.928. The monoisotopic (exact) mass is 699 g/mol. The van der Waals surface area contributed by atoms with Gasteiger partial charge in [-0.2, -0.15) is 0 Å². The fourth-order valence-electron chi connectivity index (χ4n) is 8.65. The van der Waals surface area contributed by atoms with E-state index in [0.29, 0.717) is 0 Å². The summed E-state index contributed by atoms with van der Waals surface area (Å²) in [7, 11) is 0. The summed E-state index contributed by atoms with van der Waals surface area (Å²) in [5.74, 6) is 0.850. The predicted octanol–water partition coefficient (Wildman–Crippen LogP) is 13.5. The molecule has 1 heterocycles. The van der Waals surface area contributed by atoms with Crippen molar-refractivity contribution < 1.29 is 0 Å². The molecule has 0 atom stereocenters. The largest absolute Gasteiger partial charge is 0.294 e. The molecule has 0 aliphatic heterocycles. The Hall–Kier alpha value is -6.32. The SMILES string of the molecule is Cc1cc(C)c(C(c2c(C)cc(C)cc2C)c2ccc(N(c3cc(-c4ccccc4)cc(-c4ccccc4)c3)c3ccncn3)c3ccccc23)c(C)c1. The second-order valence-corrected chi connectivity index (χ2v) is 14.7. The standard InChI is InChI=1S/C51H45N3/c1-33-25-35(3)49(36(4)26-33)51(50-37(5)27-34(2)28-38(50)6)46-21-22-47(45-20-14-13-19-44(45)46)54(48-23-24-52-32-53-48)43-30-41(39-15-9-7-10-16-39)29-42(31-43)40-17-11-8-12-18-40/h7-32,51H,1-6H3. The molecule has 0 fully saturated rings. The maximum absolute atomic E-state index is 4.87. The minimum Gasteiger partial charge on any atom is -0.294 e. The molecule has 1 aromatic heterocycles. The summed E-state index contributed by atoms with van der Waals surface area (Å²) >= 11 is 0. The number of hydrogen-bond donors (Lipinski definition) is 0. The van der Waals surface area contributed by atoms with Gasteiger partial charge in [-0.25, -0.2) is 9.97 Å². The smallest absolute Gasteiger partial charge is 0.140 e. The van der Waals surface area contributed by atoms with Crippen LogP contribution in [0.1, 0.15) is 56.0 Å². The van der Waals surface area contributed by atoms with Crippen LogP contribution in [0, 0.1) is 41.5 Å². The second kappa shape index (κ2) is 14.6. The van der Waals surface area contributed by atoms with Crippen molar-refractivity contribution >= 4 is 28.0 Å². The third-order valence-corrected chi connectivity index (χ3v) is 10.7. The van der Waals surface area contributed by atoms with E-state index < -0.39 is 0 Å². The summed E-state index contributed by atoms with van der Waals surface area (Å²) in [5, 5.41) is 2.38. The number of anilines is 3. The summed E-state index contributed by atoms with van der Waals surface area (Å²) in [6, 6.07) is 53.0. The number of hydrogen-bond acceptors (Lipinski definition) is 3. The highest BCUT2D eigenvalue weighted by atomic mass is 15.2. The van der Waals surface area contributed by atoms with E-state index in [1.54, 1.807) is 6.33 Å². The van der Waals surface area contributed by atoms with Crippen LogP contribution in [0.4, 0.5) is 17.2 Å². The van der Waals surface area contributed by atoms with Crippen molar-refractivity contribution in [1.82, 2.24) is 9.97 Å². The number of fused-ring (bicyclic) bond motifs is 1. The minimum atomic E-state index is 0.0451. The van der Waals surface area contributed by atoms with E-state index in [2.05, 4.69) is 191 Å². The van der Waals surface area contributed by atoms with E-state index in [9.17, 15) is 0 Å². The van der Waals surface area contributed by atoms with Gasteiger partial charge in [-0.1, -0.05) is 126 Å². The van der Waals surface area contributed by atoms with E-state index in [0.717, 1.165) is 44.8 Å².